The van der Waals surface area contributed by atoms with Gasteiger partial charge in [0, 0.05) is 13.8 Å². The number of rotatable bonds is 4. The molecule has 25 heavy (non-hydrogen) atoms. The Balaban J connectivity index is 0.000000251. The quantitative estimate of drug-likeness (QED) is 0.596. The number of carboxylic acid groups (broad SMARTS) is 1. The molecule has 0 aliphatic rings. The van der Waals surface area contributed by atoms with E-state index in [1.807, 2.05) is 0 Å². The van der Waals surface area contributed by atoms with E-state index in [9.17, 15) is 14.4 Å². The van der Waals surface area contributed by atoms with Crippen LogP contribution in [0.25, 0.3) is 0 Å². The van der Waals surface area contributed by atoms with Gasteiger partial charge in [-0.3, -0.25) is 0 Å². The zero-order valence-electron chi connectivity index (χ0n) is 12.9. The van der Waals surface area contributed by atoms with Crippen LogP contribution in [0.1, 0.15) is 33.9 Å². The van der Waals surface area contributed by atoms with Crippen LogP contribution >= 0.6 is 54.5 Å². The van der Waals surface area contributed by atoms with Crippen molar-refractivity contribution in [2.75, 3.05) is 14.2 Å². The summed E-state index contributed by atoms with van der Waals surface area (Å²) in [5, 5.41) is 17.4. The molecule has 0 saturated carbocycles. The van der Waals surface area contributed by atoms with E-state index in [-0.39, 0.29) is 22.3 Å². The number of carbonyl (C=O) groups is 3. The Morgan fingerprint density at radius 3 is 1.84 bits per heavy atom. The minimum atomic E-state index is -1.05. The van der Waals surface area contributed by atoms with Gasteiger partial charge in [0.05, 0.1) is 20.8 Å². The van der Waals surface area contributed by atoms with Crippen molar-refractivity contribution in [1.82, 2.24) is 0 Å². The first-order chi connectivity index (χ1) is 11.7. The fourth-order valence-electron chi connectivity index (χ4n) is 1.43. The van der Waals surface area contributed by atoms with Gasteiger partial charge in [-0.1, -0.05) is 0 Å². The largest absolute Gasteiger partial charge is 0.477 e. The molecule has 11 heteroatoms. The Morgan fingerprint density at radius 2 is 1.48 bits per heavy atom. The fraction of sp³-hybridized carbons (Fsp3) is 0.214. The number of aliphatic hydroxyl groups is 1. The molecule has 0 amide bonds. The predicted octanol–water partition coefficient (Wildman–Crippen LogP) is 3.78. The number of methoxy groups -OCH3 is 2. The van der Waals surface area contributed by atoms with E-state index in [1.165, 1.54) is 31.6 Å². The molecule has 0 radical (unpaired) electrons. The second-order valence-electron chi connectivity index (χ2n) is 4.12. The van der Waals surface area contributed by atoms with Crippen molar-refractivity contribution in [3.8, 4) is 0 Å². The number of thiophene rings is 2. The zero-order valence-corrected chi connectivity index (χ0v) is 17.7. The van der Waals surface area contributed by atoms with Gasteiger partial charge in [-0.05, 0) is 44.0 Å². The second-order valence-corrected chi connectivity index (χ2v) is 8.02. The van der Waals surface area contributed by atoms with Crippen LogP contribution in [0.15, 0.2) is 21.1 Å². The first-order valence-electron chi connectivity index (χ1n) is 6.33. The van der Waals surface area contributed by atoms with Crippen LogP contribution in [0.2, 0.25) is 0 Å². The van der Waals surface area contributed by atoms with Gasteiger partial charge in [-0.15, -0.1) is 22.7 Å². The topological polar surface area (TPSA) is 110 Å². The molecule has 0 atom stereocenters. The second kappa shape index (κ2) is 10.0. The predicted molar refractivity (Wildman–Crippen MR) is 99.6 cm³/mol. The number of esters is 2. The van der Waals surface area contributed by atoms with Crippen LogP contribution in [0.4, 0.5) is 0 Å². The molecule has 0 spiro atoms. The van der Waals surface area contributed by atoms with Crippen LogP contribution in [-0.4, -0.2) is 42.3 Å². The van der Waals surface area contributed by atoms with E-state index in [0.717, 1.165) is 16.2 Å². The summed E-state index contributed by atoms with van der Waals surface area (Å²) in [6.45, 7) is -0.0553. The van der Waals surface area contributed by atoms with Gasteiger partial charge in [-0.2, -0.15) is 0 Å². The molecule has 2 aromatic heterocycles. The number of aromatic carboxylic acids is 1. The third kappa shape index (κ3) is 5.89. The summed E-state index contributed by atoms with van der Waals surface area (Å²) in [6.07, 6.45) is 0. The molecule has 2 aromatic rings. The Bertz CT molecular complexity index is 782. The zero-order chi connectivity index (χ0) is 19.1. The summed E-state index contributed by atoms with van der Waals surface area (Å²) in [5.41, 5.74) is 0. The highest BCUT2D eigenvalue weighted by atomic mass is 79.9. The van der Waals surface area contributed by atoms with Gasteiger partial charge < -0.3 is 19.7 Å². The maximum atomic E-state index is 11.0. The van der Waals surface area contributed by atoms with Crippen LogP contribution in [0, 0.1) is 0 Å². The summed E-state index contributed by atoms with van der Waals surface area (Å²) in [6, 6.07) is 3.08. The smallest absolute Gasteiger partial charge is 0.349 e. The highest BCUT2D eigenvalue weighted by Gasteiger charge is 2.18. The highest BCUT2D eigenvalue weighted by Crippen LogP contribution is 2.28. The molecular weight excluding hydrogens is 504 g/mol. The first-order valence-corrected chi connectivity index (χ1v) is 9.55. The van der Waals surface area contributed by atoms with Gasteiger partial charge in [-0.25, -0.2) is 14.4 Å². The minimum absolute atomic E-state index is 0.0553. The molecule has 2 N–H and O–H groups in total. The highest BCUT2D eigenvalue weighted by molar-refractivity contribution is 9.11. The lowest BCUT2D eigenvalue weighted by Crippen LogP contribution is -1.98. The Kier molecular flexibility index (Phi) is 8.73. The normalized spacial score (nSPS) is 9.80. The number of hydrogen-bond donors (Lipinski definition) is 2. The molecule has 136 valence electrons. The first kappa shape index (κ1) is 21.8. The molecule has 2 rings (SSSR count). The van der Waals surface area contributed by atoms with Crippen molar-refractivity contribution in [3.05, 3.63) is 40.6 Å². The van der Waals surface area contributed by atoms with E-state index >= 15 is 0 Å². The van der Waals surface area contributed by atoms with Gasteiger partial charge in [0.1, 0.15) is 14.6 Å². The Labute approximate surface area is 167 Å². The van der Waals surface area contributed by atoms with Crippen LogP contribution in [-0.2, 0) is 16.1 Å². The minimum Gasteiger partial charge on any atom is -0.477 e. The summed E-state index contributed by atoms with van der Waals surface area (Å²) < 4.78 is 10.1. The third-order valence-electron chi connectivity index (χ3n) is 2.53. The van der Waals surface area contributed by atoms with Crippen molar-refractivity contribution >= 4 is 72.4 Å². The van der Waals surface area contributed by atoms with Gasteiger partial charge in [0.2, 0.25) is 0 Å². The fourth-order valence-corrected chi connectivity index (χ4v) is 4.68. The number of aliphatic hydroxyl groups excluding tert-OH is 1. The van der Waals surface area contributed by atoms with Gasteiger partial charge in [0.25, 0.3) is 0 Å². The summed E-state index contributed by atoms with van der Waals surface area (Å²) >= 11 is 8.37. The summed E-state index contributed by atoms with van der Waals surface area (Å²) in [4.78, 5) is 34.2. The van der Waals surface area contributed by atoms with Crippen LogP contribution in [0.3, 0.4) is 0 Å². The molecule has 0 aliphatic carbocycles. The number of carboxylic acids is 1. The molecule has 0 saturated heterocycles. The molecule has 2 heterocycles. The Morgan fingerprint density at radius 1 is 1.00 bits per heavy atom. The molecule has 0 aliphatic heterocycles. The summed E-state index contributed by atoms with van der Waals surface area (Å²) in [5.74, 6) is -1.98. The molecule has 7 nitrogen and oxygen atoms in total. The average molecular weight is 516 g/mol. The van der Waals surface area contributed by atoms with Crippen LogP contribution in [0.5, 0.6) is 0 Å². The number of hydrogen-bond acceptors (Lipinski definition) is 8. The SMILES string of the molecule is COC(=O)c1sc(C(=O)O)cc1Br.COC(=O)c1sc(CO)cc1Br. The average Bonchev–Trinajstić information content (AvgIpc) is 3.17. The van der Waals surface area contributed by atoms with Crippen molar-refractivity contribution in [2.24, 2.45) is 0 Å². The number of carbonyl (C=O) groups excluding carboxylic acids is 2. The van der Waals surface area contributed by atoms with E-state index in [2.05, 4.69) is 41.3 Å². The molecule has 0 unspecified atom stereocenters. The maximum absolute atomic E-state index is 11.0. The molecule has 0 bridgehead atoms. The monoisotopic (exact) mass is 514 g/mol. The lowest BCUT2D eigenvalue weighted by atomic mass is 10.4. The van der Waals surface area contributed by atoms with E-state index in [1.54, 1.807) is 6.07 Å². The lowest BCUT2D eigenvalue weighted by molar-refractivity contribution is 0.0596. The van der Waals surface area contributed by atoms with Crippen LogP contribution < -0.4 is 0 Å². The van der Waals surface area contributed by atoms with Gasteiger partial charge in [0.15, 0.2) is 0 Å². The number of ether oxygens (including phenoxy) is 2. The summed E-state index contributed by atoms with van der Waals surface area (Å²) in [7, 11) is 2.57. The van der Waals surface area contributed by atoms with Crippen molar-refractivity contribution in [2.45, 2.75) is 6.61 Å². The van der Waals surface area contributed by atoms with E-state index < -0.39 is 11.9 Å². The van der Waals surface area contributed by atoms with E-state index in [4.69, 9.17) is 10.2 Å². The standard InChI is InChI=1S/C7H5BrO4S.C7H7BrO3S/c1-12-7(11)5-3(8)2-4(13-5)6(9)10;1-11-7(10)6-5(8)2-4(3-9)12-6/h2H,1H3,(H,9,10);2,9H,3H2,1H3. The molecular formula is C14H12Br2O7S2. The molecule has 0 aromatic carbocycles. The van der Waals surface area contributed by atoms with Crippen molar-refractivity contribution in [1.29, 1.82) is 0 Å². The molecule has 0 fully saturated rings. The van der Waals surface area contributed by atoms with Crippen molar-refractivity contribution in [3.63, 3.8) is 0 Å². The Hall–Kier alpha value is -1.27. The van der Waals surface area contributed by atoms with E-state index in [0.29, 0.717) is 13.8 Å². The third-order valence-corrected chi connectivity index (χ3v) is 6.51. The lowest BCUT2D eigenvalue weighted by Gasteiger charge is -1.93. The van der Waals surface area contributed by atoms with Crippen molar-refractivity contribution < 1.29 is 34.1 Å². The number of halogens is 2. The maximum Gasteiger partial charge on any atom is 0.349 e. The van der Waals surface area contributed by atoms with Gasteiger partial charge >= 0.3 is 17.9 Å².